The average Bonchev–Trinajstić information content (AvgIpc) is 2.41. The van der Waals surface area contributed by atoms with E-state index in [1.807, 2.05) is 26.0 Å². The van der Waals surface area contributed by atoms with E-state index in [4.69, 9.17) is 0 Å². The van der Waals surface area contributed by atoms with Crippen LogP contribution in [0.4, 0.5) is 5.69 Å². The van der Waals surface area contributed by atoms with E-state index in [0.29, 0.717) is 5.69 Å². The van der Waals surface area contributed by atoms with E-state index in [1.165, 1.54) is 22.3 Å². The van der Waals surface area contributed by atoms with Crippen LogP contribution in [0.25, 0.3) is 11.6 Å². The van der Waals surface area contributed by atoms with E-state index in [-0.39, 0.29) is 0 Å². The molecule has 4 heteroatoms. The SMILES string of the molecule is CC(=Cc1c(C)cccc1C)c1c(C)cc(NS(=O)[O-])cc1C. The topological polar surface area (TPSA) is 52.2 Å². The molecule has 23 heavy (non-hydrogen) atoms. The van der Waals surface area contributed by atoms with Gasteiger partial charge in [-0.2, -0.15) is 0 Å². The predicted octanol–water partition coefficient (Wildman–Crippen LogP) is 4.69. The van der Waals surface area contributed by atoms with Crippen LogP contribution in [0.5, 0.6) is 0 Å². The maximum absolute atomic E-state index is 10.8. The highest BCUT2D eigenvalue weighted by Crippen LogP contribution is 2.29. The summed E-state index contributed by atoms with van der Waals surface area (Å²) in [7, 11) is 0. The fraction of sp³-hybridized carbons (Fsp3) is 0.263. The molecular formula is C19H22NO2S-. The zero-order valence-corrected chi connectivity index (χ0v) is 15.0. The second kappa shape index (κ2) is 7.11. The van der Waals surface area contributed by atoms with Crippen molar-refractivity contribution in [1.29, 1.82) is 0 Å². The van der Waals surface area contributed by atoms with Gasteiger partial charge in [0.15, 0.2) is 0 Å². The zero-order valence-electron chi connectivity index (χ0n) is 14.2. The smallest absolute Gasteiger partial charge is 0.0458 e. The molecule has 0 heterocycles. The van der Waals surface area contributed by atoms with E-state index >= 15 is 0 Å². The average molecular weight is 328 g/mol. The molecule has 1 atom stereocenters. The molecule has 0 aromatic heterocycles. The van der Waals surface area contributed by atoms with E-state index in [1.54, 1.807) is 0 Å². The van der Waals surface area contributed by atoms with Crippen molar-refractivity contribution < 1.29 is 8.76 Å². The van der Waals surface area contributed by atoms with Gasteiger partial charge in [0.05, 0.1) is 0 Å². The first kappa shape index (κ1) is 17.4. The molecule has 3 nitrogen and oxygen atoms in total. The van der Waals surface area contributed by atoms with Crippen LogP contribution in [0.15, 0.2) is 30.3 Å². The Bertz CT molecular complexity index is 751. The van der Waals surface area contributed by atoms with Crippen LogP contribution in [0.2, 0.25) is 0 Å². The number of hydrogen-bond acceptors (Lipinski definition) is 2. The first-order valence-corrected chi connectivity index (χ1v) is 8.59. The number of nitrogens with one attached hydrogen (secondary N) is 1. The highest BCUT2D eigenvalue weighted by Gasteiger charge is 2.08. The first-order valence-electron chi connectivity index (χ1n) is 7.51. The molecule has 122 valence electrons. The van der Waals surface area contributed by atoms with Gasteiger partial charge in [-0.25, -0.2) is 0 Å². The summed E-state index contributed by atoms with van der Waals surface area (Å²) in [5.74, 6) is 0. The van der Waals surface area contributed by atoms with Crippen molar-refractivity contribution in [2.24, 2.45) is 0 Å². The summed E-state index contributed by atoms with van der Waals surface area (Å²) >= 11 is -2.30. The Morgan fingerprint density at radius 2 is 1.57 bits per heavy atom. The van der Waals surface area contributed by atoms with Gasteiger partial charge in [-0.3, -0.25) is 4.21 Å². The summed E-state index contributed by atoms with van der Waals surface area (Å²) in [4.78, 5) is 0. The van der Waals surface area contributed by atoms with Crippen molar-refractivity contribution >= 4 is 28.6 Å². The Morgan fingerprint density at radius 1 is 1.04 bits per heavy atom. The molecule has 0 aliphatic carbocycles. The second-order valence-electron chi connectivity index (χ2n) is 5.95. The molecule has 1 N–H and O–H groups in total. The third-order valence-electron chi connectivity index (χ3n) is 4.03. The third kappa shape index (κ3) is 4.09. The maximum atomic E-state index is 10.8. The van der Waals surface area contributed by atoms with Gasteiger partial charge in [0.25, 0.3) is 0 Å². The van der Waals surface area contributed by atoms with E-state index in [0.717, 1.165) is 16.7 Å². The van der Waals surface area contributed by atoms with E-state index in [9.17, 15) is 8.76 Å². The molecule has 0 aliphatic rings. The Hall–Kier alpha value is -1.91. The van der Waals surface area contributed by atoms with Gasteiger partial charge in [-0.05, 0) is 85.7 Å². The molecule has 0 saturated carbocycles. The predicted molar refractivity (Wildman–Crippen MR) is 97.9 cm³/mol. The van der Waals surface area contributed by atoms with Gasteiger partial charge in [-0.1, -0.05) is 24.3 Å². The lowest BCUT2D eigenvalue weighted by molar-refractivity contribution is 0.542. The van der Waals surface area contributed by atoms with Gasteiger partial charge in [-0.15, -0.1) is 0 Å². The number of aryl methyl sites for hydroxylation is 4. The standard InChI is InChI=1S/C19H23NO2S/c1-12-7-6-8-13(2)18(12)11-16(5)19-14(3)9-17(10-15(19)4)20-23(21)22/h6-11,20H,1-5H3,(H,21,22)/p-1. The monoisotopic (exact) mass is 328 g/mol. The lowest BCUT2D eigenvalue weighted by Crippen LogP contribution is -2.04. The summed E-state index contributed by atoms with van der Waals surface area (Å²) in [5.41, 5.74) is 8.78. The molecule has 2 rings (SSSR count). The van der Waals surface area contributed by atoms with Crippen molar-refractivity contribution in [2.45, 2.75) is 34.6 Å². The van der Waals surface area contributed by atoms with Crippen LogP contribution in [0.3, 0.4) is 0 Å². The molecule has 0 radical (unpaired) electrons. The molecule has 0 amide bonds. The maximum Gasteiger partial charge on any atom is 0.0458 e. The van der Waals surface area contributed by atoms with E-state index < -0.39 is 11.3 Å². The molecular weight excluding hydrogens is 306 g/mol. The number of benzene rings is 2. The molecule has 0 fully saturated rings. The van der Waals surface area contributed by atoms with Crippen molar-refractivity contribution in [3.63, 3.8) is 0 Å². The lowest BCUT2D eigenvalue weighted by Gasteiger charge is -2.16. The Morgan fingerprint density at radius 3 is 2.04 bits per heavy atom. The molecule has 2 aromatic carbocycles. The molecule has 0 bridgehead atoms. The van der Waals surface area contributed by atoms with Crippen molar-refractivity contribution in [3.05, 3.63) is 63.7 Å². The van der Waals surface area contributed by atoms with Gasteiger partial charge >= 0.3 is 0 Å². The van der Waals surface area contributed by atoms with Crippen LogP contribution < -0.4 is 4.72 Å². The van der Waals surface area contributed by atoms with Gasteiger partial charge < -0.3 is 9.27 Å². The second-order valence-corrected chi connectivity index (χ2v) is 6.63. The summed E-state index contributed by atoms with van der Waals surface area (Å²) < 4.78 is 24.0. The van der Waals surface area contributed by atoms with Crippen LogP contribution in [0, 0.1) is 27.7 Å². The van der Waals surface area contributed by atoms with Crippen molar-refractivity contribution in [1.82, 2.24) is 0 Å². The number of allylic oxidation sites excluding steroid dienone is 1. The molecule has 1 unspecified atom stereocenters. The van der Waals surface area contributed by atoms with Crippen LogP contribution in [-0.2, 0) is 11.3 Å². The molecule has 0 aliphatic heterocycles. The fourth-order valence-corrected chi connectivity index (χ4v) is 3.39. The van der Waals surface area contributed by atoms with Crippen molar-refractivity contribution in [3.8, 4) is 0 Å². The van der Waals surface area contributed by atoms with Gasteiger partial charge in [0, 0.05) is 17.0 Å². The lowest BCUT2D eigenvalue weighted by atomic mass is 9.92. The minimum Gasteiger partial charge on any atom is -0.755 e. The molecule has 0 saturated heterocycles. The Balaban J connectivity index is 2.49. The minimum atomic E-state index is -2.30. The fourth-order valence-electron chi connectivity index (χ4n) is 3.08. The summed E-state index contributed by atoms with van der Waals surface area (Å²) in [6.07, 6.45) is 2.21. The highest BCUT2D eigenvalue weighted by atomic mass is 32.2. The van der Waals surface area contributed by atoms with Crippen LogP contribution in [0.1, 0.15) is 40.3 Å². The zero-order chi connectivity index (χ0) is 17.1. The number of hydrogen-bond donors (Lipinski definition) is 1. The first-order chi connectivity index (χ1) is 10.8. The Labute approximate surface area is 140 Å². The Kier molecular flexibility index (Phi) is 5.39. The number of rotatable bonds is 4. The van der Waals surface area contributed by atoms with E-state index in [2.05, 4.69) is 49.8 Å². The third-order valence-corrected chi connectivity index (χ3v) is 4.43. The number of anilines is 1. The largest absolute Gasteiger partial charge is 0.755 e. The summed E-state index contributed by atoms with van der Waals surface area (Å²) in [5, 5.41) is 0. The summed E-state index contributed by atoms with van der Waals surface area (Å²) in [6, 6.07) is 10.0. The van der Waals surface area contributed by atoms with Crippen LogP contribution in [-0.4, -0.2) is 8.76 Å². The molecule has 0 spiro atoms. The summed E-state index contributed by atoms with van der Waals surface area (Å²) in [6.45, 7) is 10.3. The van der Waals surface area contributed by atoms with Gasteiger partial charge in [0.1, 0.15) is 0 Å². The quantitative estimate of drug-likeness (QED) is 0.654. The minimum absolute atomic E-state index is 0.594. The highest BCUT2D eigenvalue weighted by molar-refractivity contribution is 7.80. The normalized spacial score (nSPS) is 13.0. The van der Waals surface area contributed by atoms with Crippen molar-refractivity contribution in [2.75, 3.05) is 4.72 Å². The van der Waals surface area contributed by atoms with Gasteiger partial charge in [0.2, 0.25) is 0 Å². The van der Waals surface area contributed by atoms with Crippen LogP contribution >= 0.6 is 0 Å². The molecule has 2 aromatic rings.